The van der Waals surface area contributed by atoms with E-state index in [4.69, 9.17) is 11.6 Å². The Balaban J connectivity index is 1.54. The Morgan fingerprint density at radius 3 is 2.26 bits per heavy atom. The first-order chi connectivity index (χ1) is 13.0. The smallest absolute Gasteiger partial charge is 0.226 e. The lowest BCUT2D eigenvalue weighted by Crippen LogP contribution is -2.31. The quantitative estimate of drug-likeness (QED) is 0.805. The van der Waals surface area contributed by atoms with E-state index in [1.165, 1.54) is 25.5 Å². The molecule has 2 amide bonds. The van der Waals surface area contributed by atoms with Crippen LogP contribution in [0.25, 0.3) is 0 Å². The van der Waals surface area contributed by atoms with Crippen molar-refractivity contribution in [1.29, 1.82) is 0 Å². The van der Waals surface area contributed by atoms with E-state index < -0.39 is 0 Å². The van der Waals surface area contributed by atoms with Crippen LogP contribution in [0.15, 0.2) is 48.5 Å². The molecular formula is C21H24ClN3O2. The second-order valence-corrected chi connectivity index (χ2v) is 7.12. The zero-order valence-electron chi connectivity index (χ0n) is 15.5. The number of hydrogen-bond donors (Lipinski definition) is 1. The number of nitrogens with one attached hydrogen (secondary N) is 1. The highest BCUT2D eigenvalue weighted by atomic mass is 35.5. The molecule has 2 aromatic rings. The van der Waals surface area contributed by atoms with Gasteiger partial charge < -0.3 is 15.1 Å². The third-order valence-electron chi connectivity index (χ3n) is 4.70. The van der Waals surface area contributed by atoms with Crippen LogP contribution in [-0.4, -0.2) is 31.4 Å². The molecular weight excluding hydrogens is 362 g/mol. The topological polar surface area (TPSA) is 52.7 Å². The molecule has 0 aromatic heterocycles. The number of carbonyl (C=O) groups excluding carboxylic acids is 2. The van der Waals surface area contributed by atoms with Crippen molar-refractivity contribution in [3.63, 3.8) is 0 Å². The van der Waals surface area contributed by atoms with Crippen LogP contribution in [0, 0.1) is 0 Å². The molecule has 0 radical (unpaired) electrons. The van der Waals surface area contributed by atoms with Gasteiger partial charge in [0.05, 0.1) is 0 Å². The summed E-state index contributed by atoms with van der Waals surface area (Å²) in [5.74, 6) is -0.232. The first-order valence-electron chi connectivity index (χ1n) is 9.21. The predicted octanol–water partition coefficient (Wildman–Crippen LogP) is 4.32. The highest BCUT2D eigenvalue weighted by Gasteiger charge is 2.14. The third kappa shape index (κ3) is 5.23. The van der Waals surface area contributed by atoms with Crippen molar-refractivity contribution >= 4 is 40.5 Å². The molecule has 0 spiro atoms. The second kappa shape index (κ2) is 8.91. The van der Waals surface area contributed by atoms with Gasteiger partial charge in [-0.1, -0.05) is 11.6 Å². The van der Waals surface area contributed by atoms with E-state index >= 15 is 0 Å². The predicted molar refractivity (Wildman–Crippen MR) is 111 cm³/mol. The lowest BCUT2D eigenvalue weighted by Gasteiger charge is -2.21. The molecule has 3 rings (SSSR count). The molecule has 142 valence electrons. The summed E-state index contributed by atoms with van der Waals surface area (Å²) in [6.45, 7) is 3.99. The van der Waals surface area contributed by atoms with E-state index in [-0.39, 0.29) is 18.2 Å². The van der Waals surface area contributed by atoms with Crippen molar-refractivity contribution in [2.45, 2.75) is 26.2 Å². The summed E-state index contributed by atoms with van der Waals surface area (Å²) in [5, 5.41) is 3.51. The monoisotopic (exact) mass is 385 g/mol. The fourth-order valence-corrected chi connectivity index (χ4v) is 3.38. The van der Waals surface area contributed by atoms with E-state index in [1.807, 2.05) is 24.3 Å². The van der Waals surface area contributed by atoms with Crippen LogP contribution in [0.1, 0.15) is 26.2 Å². The van der Waals surface area contributed by atoms with Gasteiger partial charge in [0, 0.05) is 55.1 Å². The van der Waals surface area contributed by atoms with Crippen molar-refractivity contribution in [1.82, 2.24) is 0 Å². The molecule has 6 heteroatoms. The molecule has 0 atom stereocenters. The molecule has 0 saturated carbocycles. The summed E-state index contributed by atoms with van der Waals surface area (Å²) in [4.78, 5) is 28.1. The van der Waals surface area contributed by atoms with Gasteiger partial charge in [-0.3, -0.25) is 9.59 Å². The number of amides is 2. The van der Waals surface area contributed by atoms with Crippen LogP contribution < -0.4 is 15.1 Å². The SMILES string of the molecule is CC(=O)N(CCC(=O)Nc1ccc(N2CCCC2)cc1)c1ccc(Cl)cc1. The van der Waals surface area contributed by atoms with Crippen LogP contribution in [0.5, 0.6) is 0 Å². The average Bonchev–Trinajstić information content (AvgIpc) is 3.18. The van der Waals surface area contributed by atoms with Crippen molar-refractivity contribution in [2.75, 3.05) is 34.8 Å². The minimum Gasteiger partial charge on any atom is -0.372 e. The summed E-state index contributed by atoms with van der Waals surface area (Å²) < 4.78 is 0. The van der Waals surface area contributed by atoms with Gasteiger partial charge in [0.2, 0.25) is 11.8 Å². The lowest BCUT2D eigenvalue weighted by molar-refractivity contribution is -0.117. The molecule has 1 aliphatic heterocycles. The Morgan fingerprint density at radius 1 is 1.04 bits per heavy atom. The molecule has 1 heterocycles. The van der Waals surface area contributed by atoms with Crippen molar-refractivity contribution < 1.29 is 9.59 Å². The highest BCUT2D eigenvalue weighted by Crippen LogP contribution is 2.22. The van der Waals surface area contributed by atoms with Gasteiger partial charge in [0.25, 0.3) is 0 Å². The Morgan fingerprint density at radius 2 is 1.67 bits per heavy atom. The lowest BCUT2D eigenvalue weighted by atomic mass is 10.2. The normalized spacial score (nSPS) is 13.5. The van der Waals surface area contributed by atoms with Gasteiger partial charge in [-0.05, 0) is 61.4 Å². The number of rotatable bonds is 6. The van der Waals surface area contributed by atoms with E-state index in [2.05, 4.69) is 10.2 Å². The van der Waals surface area contributed by atoms with Crippen LogP contribution in [0.4, 0.5) is 17.1 Å². The number of benzene rings is 2. The fourth-order valence-electron chi connectivity index (χ4n) is 3.26. The fraction of sp³-hybridized carbons (Fsp3) is 0.333. The third-order valence-corrected chi connectivity index (χ3v) is 4.96. The molecule has 0 unspecified atom stereocenters. The van der Waals surface area contributed by atoms with Gasteiger partial charge in [-0.15, -0.1) is 0 Å². The zero-order chi connectivity index (χ0) is 19.2. The van der Waals surface area contributed by atoms with Crippen molar-refractivity contribution in [3.05, 3.63) is 53.6 Å². The molecule has 2 aromatic carbocycles. The molecule has 1 aliphatic rings. The number of anilines is 3. The molecule has 27 heavy (non-hydrogen) atoms. The Labute approximate surface area is 164 Å². The summed E-state index contributed by atoms with van der Waals surface area (Å²) in [5.41, 5.74) is 2.69. The number of halogens is 1. The maximum atomic E-state index is 12.3. The van der Waals surface area contributed by atoms with Crippen LogP contribution in [0.2, 0.25) is 5.02 Å². The number of carbonyl (C=O) groups is 2. The van der Waals surface area contributed by atoms with Crippen LogP contribution in [-0.2, 0) is 9.59 Å². The number of hydrogen-bond acceptors (Lipinski definition) is 3. The summed E-state index contributed by atoms with van der Waals surface area (Å²) in [6.07, 6.45) is 2.69. The maximum absolute atomic E-state index is 12.3. The summed E-state index contributed by atoms with van der Waals surface area (Å²) in [6, 6.07) is 14.9. The minimum absolute atomic E-state index is 0.111. The summed E-state index contributed by atoms with van der Waals surface area (Å²) >= 11 is 5.90. The maximum Gasteiger partial charge on any atom is 0.226 e. The molecule has 0 aliphatic carbocycles. The van der Waals surface area contributed by atoms with Crippen LogP contribution >= 0.6 is 11.6 Å². The minimum atomic E-state index is -0.121. The van der Waals surface area contributed by atoms with Gasteiger partial charge in [-0.2, -0.15) is 0 Å². The molecule has 5 nitrogen and oxygen atoms in total. The first kappa shape index (κ1) is 19.2. The van der Waals surface area contributed by atoms with Gasteiger partial charge >= 0.3 is 0 Å². The van der Waals surface area contributed by atoms with E-state index in [0.29, 0.717) is 11.6 Å². The van der Waals surface area contributed by atoms with E-state index in [0.717, 1.165) is 24.5 Å². The molecule has 1 saturated heterocycles. The summed E-state index contributed by atoms with van der Waals surface area (Å²) in [7, 11) is 0. The number of nitrogens with zero attached hydrogens (tertiary/aromatic N) is 2. The molecule has 1 fully saturated rings. The van der Waals surface area contributed by atoms with Gasteiger partial charge in [0.15, 0.2) is 0 Å². The van der Waals surface area contributed by atoms with Gasteiger partial charge in [-0.25, -0.2) is 0 Å². The highest BCUT2D eigenvalue weighted by molar-refractivity contribution is 6.30. The standard InChI is InChI=1S/C21H24ClN3O2/c1-16(26)25(20-8-4-17(22)5-9-20)15-12-21(27)23-18-6-10-19(11-7-18)24-13-2-3-14-24/h4-11H,2-3,12-15H2,1H3,(H,23,27). The molecule has 0 bridgehead atoms. The zero-order valence-corrected chi connectivity index (χ0v) is 16.2. The van der Waals surface area contributed by atoms with Gasteiger partial charge in [0.1, 0.15) is 0 Å². The van der Waals surface area contributed by atoms with E-state index in [1.54, 1.807) is 29.2 Å². The first-order valence-corrected chi connectivity index (χ1v) is 9.59. The average molecular weight is 386 g/mol. The largest absolute Gasteiger partial charge is 0.372 e. The Bertz CT molecular complexity index is 784. The van der Waals surface area contributed by atoms with E-state index in [9.17, 15) is 9.59 Å². The second-order valence-electron chi connectivity index (χ2n) is 6.69. The molecule has 1 N–H and O–H groups in total. The Hall–Kier alpha value is -2.53. The Kier molecular flexibility index (Phi) is 6.35. The van der Waals surface area contributed by atoms with Crippen molar-refractivity contribution in [2.24, 2.45) is 0 Å². The van der Waals surface area contributed by atoms with Crippen molar-refractivity contribution in [3.8, 4) is 0 Å². The van der Waals surface area contributed by atoms with Crippen LogP contribution in [0.3, 0.4) is 0 Å².